The second kappa shape index (κ2) is 8.60. The highest BCUT2D eigenvalue weighted by molar-refractivity contribution is 6.09. The molecule has 3 rings (SSSR count). The Hall–Kier alpha value is -3.98. The zero-order valence-corrected chi connectivity index (χ0v) is 15.5. The van der Waals surface area contributed by atoms with Gasteiger partial charge in [0.15, 0.2) is 0 Å². The van der Waals surface area contributed by atoms with Crippen molar-refractivity contribution in [2.45, 2.75) is 0 Å². The number of methoxy groups -OCH3 is 2. The third kappa shape index (κ3) is 4.40. The fourth-order valence-corrected chi connectivity index (χ4v) is 2.60. The van der Waals surface area contributed by atoms with Crippen molar-refractivity contribution in [2.75, 3.05) is 19.5 Å². The number of nitrogens with zero attached hydrogens (tertiary/aromatic N) is 2. The molecule has 0 atom stereocenters. The van der Waals surface area contributed by atoms with Gasteiger partial charge in [-0.05, 0) is 66.2 Å². The number of nitriles is 1. The second-order valence-electron chi connectivity index (χ2n) is 5.90. The van der Waals surface area contributed by atoms with E-state index in [1.165, 1.54) is 0 Å². The molecule has 3 aromatic rings. The van der Waals surface area contributed by atoms with Gasteiger partial charge in [0.05, 0.1) is 14.2 Å². The summed E-state index contributed by atoms with van der Waals surface area (Å²) < 4.78 is 12.2. The van der Waals surface area contributed by atoms with E-state index in [9.17, 15) is 10.1 Å². The van der Waals surface area contributed by atoms with Crippen molar-refractivity contribution < 1.29 is 14.3 Å². The van der Waals surface area contributed by atoms with Crippen LogP contribution in [0.2, 0.25) is 0 Å². The van der Waals surface area contributed by atoms with Crippen LogP contribution in [-0.4, -0.2) is 24.7 Å². The largest absolute Gasteiger partial charge is 0.497 e. The summed E-state index contributed by atoms with van der Waals surface area (Å²) in [7, 11) is 3.19. The second-order valence-corrected chi connectivity index (χ2v) is 5.90. The third-order valence-corrected chi connectivity index (χ3v) is 4.11. The first-order valence-electron chi connectivity index (χ1n) is 8.52. The molecule has 0 saturated heterocycles. The predicted molar refractivity (Wildman–Crippen MR) is 108 cm³/mol. The summed E-state index contributed by atoms with van der Waals surface area (Å²) in [5.74, 6) is 0.997. The van der Waals surface area contributed by atoms with Crippen molar-refractivity contribution in [3.05, 3.63) is 78.1 Å². The SMILES string of the molecule is COc1ccc(NC(=O)/C(C#N)=C/c2ccn(-c3ccc(OC)cc3)c2)cc1. The molecule has 1 amide bonds. The molecule has 1 N–H and O–H groups in total. The van der Waals surface area contributed by atoms with Crippen molar-refractivity contribution in [1.82, 2.24) is 4.57 Å². The molecule has 0 bridgehead atoms. The predicted octanol–water partition coefficient (Wildman–Crippen LogP) is 4.04. The van der Waals surface area contributed by atoms with Crippen LogP contribution in [0.25, 0.3) is 11.8 Å². The Morgan fingerprint density at radius 3 is 2.18 bits per heavy atom. The number of hydrogen-bond donors (Lipinski definition) is 1. The highest BCUT2D eigenvalue weighted by Gasteiger charge is 2.10. The summed E-state index contributed by atoms with van der Waals surface area (Å²) in [5.41, 5.74) is 2.30. The molecule has 0 radical (unpaired) electrons. The Bertz CT molecular complexity index is 1030. The van der Waals surface area contributed by atoms with E-state index in [1.54, 1.807) is 44.6 Å². The number of carbonyl (C=O) groups excluding carboxylic acids is 1. The molecule has 1 aromatic heterocycles. The minimum Gasteiger partial charge on any atom is -0.497 e. The van der Waals surface area contributed by atoms with Gasteiger partial charge in [-0.3, -0.25) is 4.79 Å². The summed E-state index contributed by atoms with van der Waals surface area (Å²) in [4.78, 5) is 12.4. The van der Waals surface area contributed by atoms with Gasteiger partial charge in [-0.2, -0.15) is 5.26 Å². The quantitative estimate of drug-likeness (QED) is 0.523. The van der Waals surface area contributed by atoms with Gasteiger partial charge >= 0.3 is 0 Å². The zero-order valence-electron chi connectivity index (χ0n) is 15.5. The Kier molecular flexibility index (Phi) is 5.78. The lowest BCUT2D eigenvalue weighted by Crippen LogP contribution is -2.13. The minimum absolute atomic E-state index is 0.0169. The van der Waals surface area contributed by atoms with Crippen LogP contribution in [0, 0.1) is 11.3 Å². The maximum Gasteiger partial charge on any atom is 0.266 e. The van der Waals surface area contributed by atoms with Crippen molar-refractivity contribution in [3.8, 4) is 23.3 Å². The van der Waals surface area contributed by atoms with E-state index in [0.29, 0.717) is 11.4 Å². The van der Waals surface area contributed by atoms with Gasteiger partial charge in [0.1, 0.15) is 23.1 Å². The van der Waals surface area contributed by atoms with Crippen LogP contribution < -0.4 is 14.8 Å². The third-order valence-electron chi connectivity index (χ3n) is 4.11. The lowest BCUT2D eigenvalue weighted by atomic mass is 10.2. The summed E-state index contributed by atoms with van der Waals surface area (Å²) in [5, 5.41) is 12.1. The van der Waals surface area contributed by atoms with E-state index < -0.39 is 5.91 Å². The van der Waals surface area contributed by atoms with Crippen LogP contribution >= 0.6 is 0 Å². The van der Waals surface area contributed by atoms with E-state index in [-0.39, 0.29) is 5.57 Å². The number of amides is 1. The number of benzene rings is 2. The highest BCUT2D eigenvalue weighted by atomic mass is 16.5. The van der Waals surface area contributed by atoms with Crippen molar-refractivity contribution >= 4 is 17.7 Å². The number of ether oxygens (including phenoxy) is 2. The van der Waals surface area contributed by atoms with E-state index in [2.05, 4.69) is 5.32 Å². The molecule has 140 valence electrons. The number of rotatable bonds is 6. The first kappa shape index (κ1) is 18.8. The van der Waals surface area contributed by atoms with Gasteiger partial charge < -0.3 is 19.4 Å². The molecule has 6 heteroatoms. The van der Waals surface area contributed by atoms with E-state index >= 15 is 0 Å². The first-order valence-corrected chi connectivity index (χ1v) is 8.52. The standard InChI is InChI=1S/C22H19N3O3/c1-27-20-7-3-18(4-8-20)24-22(26)17(14-23)13-16-11-12-25(15-16)19-5-9-21(28-2)10-6-19/h3-13,15H,1-2H3,(H,24,26)/b17-13+. The average Bonchev–Trinajstić information content (AvgIpc) is 3.21. The topological polar surface area (TPSA) is 76.3 Å². The average molecular weight is 373 g/mol. The molecule has 0 spiro atoms. The molecule has 6 nitrogen and oxygen atoms in total. The van der Waals surface area contributed by atoms with Crippen LogP contribution in [0.4, 0.5) is 5.69 Å². The number of anilines is 1. The van der Waals surface area contributed by atoms with Crippen LogP contribution in [0.3, 0.4) is 0 Å². The number of aromatic nitrogens is 1. The summed E-state index contributed by atoms with van der Waals surface area (Å²) in [6.45, 7) is 0. The van der Waals surface area contributed by atoms with Gasteiger partial charge in [-0.25, -0.2) is 0 Å². The smallest absolute Gasteiger partial charge is 0.266 e. The molecule has 0 saturated carbocycles. The molecular formula is C22H19N3O3. The Balaban J connectivity index is 1.75. The van der Waals surface area contributed by atoms with Gasteiger partial charge in [-0.1, -0.05) is 0 Å². The molecule has 2 aromatic carbocycles. The Morgan fingerprint density at radius 2 is 1.61 bits per heavy atom. The van der Waals surface area contributed by atoms with Crippen LogP contribution in [-0.2, 0) is 4.79 Å². The summed E-state index contributed by atoms with van der Waals surface area (Å²) >= 11 is 0. The lowest BCUT2D eigenvalue weighted by Gasteiger charge is -2.05. The molecule has 0 aliphatic heterocycles. The van der Waals surface area contributed by atoms with Gasteiger partial charge in [0.25, 0.3) is 5.91 Å². The Morgan fingerprint density at radius 1 is 1.00 bits per heavy atom. The normalized spacial score (nSPS) is 10.8. The summed E-state index contributed by atoms with van der Waals surface area (Å²) in [6, 6.07) is 18.3. The zero-order chi connectivity index (χ0) is 19.9. The number of hydrogen-bond acceptors (Lipinski definition) is 4. The van der Waals surface area contributed by atoms with E-state index in [1.807, 2.05) is 53.4 Å². The van der Waals surface area contributed by atoms with Crippen LogP contribution in [0.5, 0.6) is 11.5 Å². The maximum absolute atomic E-state index is 12.4. The van der Waals surface area contributed by atoms with Crippen LogP contribution in [0.15, 0.2) is 72.6 Å². The monoisotopic (exact) mass is 373 g/mol. The molecular weight excluding hydrogens is 354 g/mol. The molecule has 0 fully saturated rings. The summed E-state index contributed by atoms with van der Waals surface area (Å²) in [6.07, 6.45) is 5.27. The van der Waals surface area contributed by atoms with Crippen LogP contribution in [0.1, 0.15) is 5.56 Å². The highest BCUT2D eigenvalue weighted by Crippen LogP contribution is 2.19. The molecule has 28 heavy (non-hydrogen) atoms. The Labute approximate surface area is 163 Å². The van der Waals surface area contributed by atoms with Crippen molar-refractivity contribution in [3.63, 3.8) is 0 Å². The van der Waals surface area contributed by atoms with Gasteiger partial charge in [0, 0.05) is 23.8 Å². The molecule has 0 aliphatic rings. The minimum atomic E-state index is -0.468. The number of nitrogens with one attached hydrogen (secondary N) is 1. The lowest BCUT2D eigenvalue weighted by molar-refractivity contribution is -0.112. The first-order chi connectivity index (χ1) is 13.6. The maximum atomic E-state index is 12.4. The van der Waals surface area contributed by atoms with Crippen molar-refractivity contribution in [1.29, 1.82) is 5.26 Å². The fourth-order valence-electron chi connectivity index (χ4n) is 2.60. The van der Waals surface area contributed by atoms with E-state index in [0.717, 1.165) is 17.0 Å². The van der Waals surface area contributed by atoms with Crippen molar-refractivity contribution in [2.24, 2.45) is 0 Å². The molecule has 0 aliphatic carbocycles. The number of carbonyl (C=O) groups is 1. The fraction of sp³-hybridized carbons (Fsp3) is 0.0909. The molecule has 0 unspecified atom stereocenters. The molecule has 1 heterocycles. The van der Waals surface area contributed by atoms with Gasteiger partial charge in [-0.15, -0.1) is 0 Å². The van der Waals surface area contributed by atoms with E-state index in [4.69, 9.17) is 9.47 Å². The van der Waals surface area contributed by atoms with Gasteiger partial charge in [0.2, 0.25) is 0 Å².